The van der Waals surface area contributed by atoms with Crippen molar-refractivity contribution in [3.8, 4) is 0 Å². The number of halogens is 2. The van der Waals surface area contributed by atoms with E-state index in [2.05, 4.69) is 4.40 Å². The minimum atomic E-state index is -1.30. The highest BCUT2D eigenvalue weighted by Gasteiger charge is 2.38. The van der Waals surface area contributed by atoms with Gasteiger partial charge in [-0.15, -0.1) is 0 Å². The van der Waals surface area contributed by atoms with E-state index in [-0.39, 0.29) is 0 Å². The summed E-state index contributed by atoms with van der Waals surface area (Å²) in [5.74, 6) is -1.46. The van der Waals surface area contributed by atoms with Gasteiger partial charge in [-0.2, -0.15) is 0 Å². The number of rotatable bonds is 5. The molecule has 1 atom stereocenters. The van der Waals surface area contributed by atoms with Gasteiger partial charge in [-0.1, -0.05) is 16.0 Å². The van der Waals surface area contributed by atoms with E-state index in [4.69, 9.17) is 21.1 Å². The molecular formula is C16H21ClFNO3S. The molecule has 0 amide bonds. The summed E-state index contributed by atoms with van der Waals surface area (Å²) in [6, 6.07) is 4.24. The molecule has 0 N–H and O–H groups in total. The van der Waals surface area contributed by atoms with Crippen LogP contribution in [0.25, 0.3) is 0 Å². The maximum atomic E-state index is 13.6. The Morgan fingerprint density at radius 2 is 2.00 bits per heavy atom. The Hall–Kier alpha value is -0.660. The summed E-state index contributed by atoms with van der Waals surface area (Å²) in [4.78, 5) is 0. The van der Waals surface area contributed by atoms with Gasteiger partial charge in [-0.25, -0.2) is 4.39 Å². The van der Waals surface area contributed by atoms with Gasteiger partial charge >= 0.3 is 0 Å². The molecule has 1 aromatic rings. The second-order valence-corrected chi connectivity index (χ2v) is 8.67. The molecule has 7 heteroatoms. The molecule has 2 rings (SSSR count). The van der Waals surface area contributed by atoms with Crippen LogP contribution in [0.5, 0.6) is 0 Å². The molecule has 1 aliphatic rings. The lowest BCUT2D eigenvalue weighted by molar-refractivity contribution is -0.169. The van der Waals surface area contributed by atoms with Crippen LogP contribution in [-0.4, -0.2) is 28.7 Å². The van der Waals surface area contributed by atoms with Crippen molar-refractivity contribution in [3.63, 3.8) is 0 Å². The normalized spacial score (nSPS) is 19.4. The van der Waals surface area contributed by atoms with Crippen molar-refractivity contribution in [2.75, 3.05) is 13.2 Å². The summed E-state index contributed by atoms with van der Waals surface area (Å²) in [5.41, 5.74) is 0.547. The molecule has 1 saturated heterocycles. The first kappa shape index (κ1) is 18.7. The summed E-state index contributed by atoms with van der Waals surface area (Å²) in [5, 5.41) is 0.293. The van der Waals surface area contributed by atoms with Gasteiger partial charge in [0.2, 0.25) is 0 Å². The summed E-state index contributed by atoms with van der Waals surface area (Å²) in [6.45, 7) is 6.44. The van der Waals surface area contributed by atoms with Crippen LogP contribution < -0.4 is 0 Å². The second kappa shape index (κ2) is 7.49. The Labute approximate surface area is 144 Å². The third-order valence-electron chi connectivity index (χ3n) is 3.35. The quantitative estimate of drug-likeness (QED) is 0.588. The first-order chi connectivity index (χ1) is 10.7. The van der Waals surface area contributed by atoms with Gasteiger partial charge < -0.3 is 14.0 Å². The summed E-state index contributed by atoms with van der Waals surface area (Å²) in [7, 11) is 0. The summed E-state index contributed by atoms with van der Waals surface area (Å²) >= 11 is 4.63. The van der Waals surface area contributed by atoms with Crippen molar-refractivity contribution in [3.05, 3.63) is 34.6 Å². The van der Waals surface area contributed by atoms with Gasteiger partial charge in [0.05, 0.1) is 19.4 Å². The Bertz CT molecular complexity index is 551. The van der Waals surface area contributed by atoms with E-state index in [1.165, 1.54) is 12.1 Å². The maximum Gasteiger partial charge on any atom is 0.195 e. The average Bonchev–Trinajstić information content (AvgIpc) is 2.91. The van der Waals surface area contributed by atoms with E-state index in [1.54, 1.807) is 12.3 Å². The molecule has 4 nitrogen and oxygen atoms in total. The Morgan fingerprint density at radius 3 is 2.57 bits per heavy atom. The molecule has 1 aromatic carbocycles. The monoisotopic (exact) mass is 361 g/mol. The van der Waals surface area contributed by atoms with Crippen molar-refractivity contribution in [1.82, 2.24) is 0 Å². The highest BCUT2D eigenvalue weighted by Crippen LogP contribution is 2.37. The smallest absolute Gasteiger partial charge is 0.195 e. The van der Waals surface area contributed by atoms with Gasteiger partial charge in [0, 0.05) is 17.0 Å². The van der Waals surface area contributed by atoms with E-state index >= 15 is 0 Å². The van der Waals surface area contributed by atoms with Gasteiger partial charge in [0.1, 0.15) is 21.9 Å². The van der Waals surface area contributed by atoms with Crippen LogP contribution in [0.2, 0.25) is 5.02 Å². The fourth-order valence-corrected chi connectivity index (χ4v) is 3.00. The predicted molar refractivity (Wildman–Crippen MR) is 90.6 cm³/mol. The molecule has 23 heavy (non-hydrogen) atoms. The second-order valence-electron chi connectivity index (χ2n) is 6.30. The third-order valence-corrected chi connectivity index (χ3v) is 4.96. The zero-order valence-electron chi connectivity index (χ0n) is 13.5. The molecule has 1 fully saturated rings. The Morgan fingerprint density at radius 1 is 1.35 bits per heavy atom. The van der Waals surface area contributed by atoms with Gasteiger partial charge in [-0.05, 0) is 45.4 Å². The number of ether oxygens (including phenoxy) is 2. The number of benzene rings is 1. The topological polar surface area (TPSA) is 53.9 Å². The lowest BCUT2D eigenvalue weighted by Crippen LogP contribution is -2.28. The fourth-order valence-electron chi connectivity index (χ4n) is 2.22. The number of hydrogen-bond acceptors (Lipinski definition) is 4. The molecule has 1 aliphatic heterocycles. The minimum Gasteiger partial charge on any atom is -0.591 e. The largest absolute Gasteiger partial charge is 0.591 e. The van der Waals surface area contributed by atoms with Gasteiger partial charge in [-0.3, -0.25) is 0 Å². The third kappa shape index (κ3) is 4.90. The van der Waals surface area contributed by atoms with E-state index < -0.39 is 27.7 Å². The molecule has 1 heterocycles. The molecule has 0 spiro atoms. The van der Waals surface area contributed by atoms with Crippen LogP contribution in [0.15, 0.2) is 22.6 Å². The van der Waals surface area contributed by atoms with E-state index in [0.717, 1.165) is 0 Å². The maximum absolute atomic E-state index is 13.6. The van der Waals surface area contributed by atoms with Crippen molar-refractivity contribution in [2.24, 2.45) is 4.40 Å². The minimum absolute atomic E-state index is 0.293. The van der Waals surface area contributed by atoms with Crippen LogP contribution >= 0.6 is 11.6 Å². The molecule has 0 aliphatic carbocycles. The lowest BCUT2D eigenvalue weighted by atomic mass is 10.0. The van der Waals surface area contributed by atoms with Crippen LogP contribution in [0.4, 0.5) is 4.39 Å². The van der Waals surface area contributed by atoms with E-state index in [1.807, 2.05) is 20.8 Å². The summed E-state index contributed by atoms with van der Waals surface area (Å²) < 4.78 is 40.6. The van der Waals surface area contributed by atoms with Crippen LogP contribution in [0, 0.1) is 5.82 Å². The first-order valence-electron chi connectivity index (χ1n) is 7.42. The van der Waals surface area contributed by atoms with Crippen LogP contribution in [-0.2, 0) is 26.6 Å². The predicted octanol–water partition coefficient (Wildman–Crippen LogP) is 3.99. The highest BCUT2D eigenvalue weighted by atomic mass is 35.5. The number of nitrogens with zero attached hydrogens (tertiary/aromatic N) is 1. The molecule has 0 saturated carbocycles. The molecular weight excluding hydrogens is 341 g/mol. The standard InChI is InChI=1S/C16H21ClFNO3S/c1-15(2,3)23(20)19-6-4-5-16(21-7-8-22-16)12-9-13(17)11-14(18)10-12/h6,9-11H,4-5,7-8H2,1-3H3. The van der Waals surface area contributed by atoms with Crippen molar-refractivity contribution >= 4 is 29.2 Å². The molecule has 0 bridgehead atoms. The van der Waals surface area contributed by atoms with Crippen molar-refractivity contribution in [2.45, 2.75) is 44.1 Å². The van der Waals surface area contributed by atoms with Crippen molar-refractivity contribution < 1.29 is 18.4 Å². The Kier molecular flexibility index (Phi) is 6.08. The fraction of sp³-hybridized carbons (Fsp3) is 0.562. The number of hydrogen-bond donors (Lipinski definition) is 0. The molecule has 0 radical (unpaired) electrons. The first-order valence-corrected chi connectivity index (χ1v) is 8.90. The van der Waals surface area contributed by atoms with E-state index in [0.29, 0.717) is 36.6 Å². The summed E-state index contributed by atoms with van der Waals surface area (Å²) in [6.07, 6.45) is 2.54. The zero-order valence-corrected chi connectivity index (χ0v) is 15.0. The van der Waals surface area contributed by atoms with E-state index in [9.17, 15) is 8.94 Å². The molecule has 1 unspecified atom stereocenters. The van der Waals surface area contributed by atoms with Crippen LogP contribution in [0.3, 0.4) is 0 Å². The van der Waals surface area contributed by atoms with Crippen molar-refractivity contribution in [1.29, 1.82) is 0 Å². The lowest BCUT2D eigenvalue weighted by Gasteiger charge is -2.27. The van der Waals surface area contributed by atoms with Crippen LogP contribution in [0.1, 0.15) is 39.2 Å². The van der Waals surface area contributed by atoms with Gasteiger partial charge in [0.25, 0.3) is 0 Å². The molecule has 128 valence electrons. The van der Waals surface area contributed by atoms with Gasteiger partial charge in [0.15, 0.2) is 5.79 Å². The zero-order chi connectivity index (χ0) is 17.1. The average molecular weight is 362 g/mol. The highest BCUT2D eigenvalue weighted by molar-refractivity contribution is 7.91. The Balaban J connectivity index is 2.08. The SMILES string of the molecule is CC(C)(C)[S+]([O-])N=CCCC1(c2cc(F)cc(Cl)c2)OCCO1. The molecule has 0 aromatic heterocycles.